The smallest absolute Gasteiger partial charge is 0.276 e. The third-order valence-electron chi connectivity index (χ3n) is 5.90. The number of carbonyl (C=O) groups is 2. The summed E-state index contributed by atoms with van der Waals surface area (Å²) in [5.74, 6) is 0.161. The maximum Gasteiger partial charge on any atom is 0.276 e. The summed E-state index contributed by atoms with van der Waals surface area (Å²) >= 11 is 0. The molecule has 1 N–H and O–H groups in total. The van der Waals surface area contributed by atoms with Gasteiger partial charge in [0.1, 0.15) is 5.76 Å². The molecule has 6 heteroatoms. The molecule has 2 amide bonds. The van der Waals surface area contributed by atoms with Crippen molar-refractivity contribution < 1.29 is 14.1 Å². The van der Waals surface area contributed by atoms with E-state index in [9.17, 15) is 9.59 Å². The molecular formula is C26H29N3O3. The Morgan fingerprint density at radius 1 is 1.19 bits per heavy atom. The molecule has 2 heterocycles. The minimum Gasteiger partial charge on any atom is -0.361 e. The lowest BCUT2D eigenvalue weighted by atomic mass is 9.91. The predicted molar refractivity (Wildman–Crippen MR) is 123 cm³/mol. The van der Waals surface area contributed by atoms with Crippen molar-refractivity contribution in [2.45, 2.75) is 33.1 Å². The van der Waals surface area contributed by atoms with E-state index in [4.69, 9.17) is 4.52 Å². The van der Waals surface area contributed by atoms with Crippen molar-refractivity contribution in [2.24, 2.45) is 5.92 Å². The molecule has 0 unspecified atom stereocenters. The summed E-state index contributed by atoms with van der Waals surface area (Å²) in [6.07, 6.45) is 2.23. The fraction of sp³-hybridized carbons (Fsp3) is 0.346. The van der Waals surface area contributed by atoms with Gasteiger partial charge in [-0.05, 0) is 36.5 Å². The highest BCUT2D eigenvalue weighted by Gasteiger charge is 2.30. The summed E-state index contributed by atoms with van der Waals surface area (Å²) in [5, 5.41) is 6.92. The lowest BCUT2D eigenvalue weighted by Gasteiger charge is -2.23. The van der Waals surface area contributed by atoms with Crippen molar-refractivity contribution in [3.63, 3.8) is 0 Å². The van der Waals surface area contributed by atoms with Crippen molar-refractivity contribution in [3.05, 3.63) is 77.2 Å². The van der Waals surface area contributed by atoms with E-state index in [2.05, 4.69) is 60.7 Å². The van der Waals surface area contributed by atoms with Gasteiger partial charge in [0.15, 0.2) is 5.69 Å². The Kier molecular flexibility index (Phi) is 6.69. The van der Waals surface area contributed by atoms with Gasteiger partial charge in [0.25, 0.3) is 5.91 Å². The molecule has 1 saturated heterocycles. The Morgan fingerprint density at radius 3 is 2.75 bits per heavy atom. The SMILES string of the molecule is CCCc1cc(C(=O)N2CCNC(=O)[C@H](Cc3ccccc3-c3ccc(C)cc3)C2)no1. The molecule has 0 saturated carbocycles. The predicted octanol–water partition coefficient (Wildman–Crippen LogP) is 4.03. The van der Waals surface area contributed by atoms with Gasteiger partial charge in [-0.2, -0.15) is 0 Å². The average molecular weight is 432 g/mol. The molecule has 1 fully saturated rings. The molecule has 0 spiro atoms. The molecule has 0 radical (unpaired) electrons. The first-order chi connectivity index (χ1) is 15.5. The second-order valence-corrected chi connectivity index (χ2v) is 8.39. The first kappa shape index (κ1) is 21.8. The van der Waals surface area contributed by atoms with Crippen LogP contribution in [0.15, 0.2) is 59.1 Å². The zero-order valence-corrected chi connectivity index (χ0v) is 18.6. The topological polar surface area (TPSA) is 75.4 Å². The minimum absolute atomic E-state index is 0.0224. The number of nitrogens with zero attached hydrogens (tertiary/aromatic N) is 2. The molecule has 166 valence electrons. The summed E-state index contributed by atoms with van der Waals surface area (Å²) in [5.41, 5.74) is 4.85. The van der Waals surface area contributed by atoms with E-state index in [-0.39, 0.29) is 17.7 Å². The van der Waals surface area contributed by atoms with E-state index in [1.54, 1.807) is 11.0 Å². The monoisotopic (exact) mass is 431 g/mol. The second-order valence-electron chi connectivity index (χ2n) is 8.39. The quantitative estimate of drug-likeness (QED) is 0.639. The van der Waals surface area contributed by atoms with E-state index in [0.717, 1.165) is 29.5 Å². The fourth-order valence-electron chi connectivity index (χ4n) is 4.16. The highest BCUT2D eigenvalue weighted by Crippen LogP contribution is 2.27. The largest absolute Gasteiger partial charge is 0.361 e. The standard InChI is InChI=1S/C26H29N3O3/c1-3-6-22-16-24(28-32-22)26(31)29-14-13-27-25(30)21(17-29)15-20-7-4-5-8-23(20)19-11-9-18(2)10-12-19/h4-5,7-12,16,21H,3,6,13-15,17H2,1-2H3,(H,27,30)/t21-/m1/s1. The maximum atomic E-state index is 13.1. The molecule has 1 aliphatic rings. The van der Waals surface area contributed by atoms with Gasteiger partial charge in [0, 0.05) is 32.1 Å². The molecule has 1 aromatic heterocycles. The van der Waals surface area contributed by atoms with Gasteiger partial charge in [-0.15, -0.1) is 0 Å². The Morgan fingerprint density at radius 2 is 1.97 bits per heavy atom. The molecule has 0 bridgehead atoms. The maximum absolute atomic E-state index is 13.1. The van der Waals surface area contributed by atoms with Gasteiger partial charge in [-0.25, -0.2) is 0 Å². The van der Waals surface area contributed by atoms with Crippen LogP contribution in [0.3, 0.4) is 0 Å². The third kappa shape index (κ3) is 4.90. The number of benzene rings is 2. The van der Waals surface area contributed by atoms with Crippen LogP contribution in [0.25, 0.3) is 11.1 Å². The molecule has 0 aliphatic carbocycles. The van der Waals surface area contributed by atoms with Crippen molar-refractivity contribution in [1.82, 2.24) is 15.4 Å². The molecular weight excluding hydrogens is 402 g/mol. The average Bonchev–Trinajstić information content (AvgIpc) is 3.19. The normalized spacial score (nSPS) is 16.5. The Balaban J connectivity index is 1.55. The van der Waals surface area contributed by atoms with Crippen molar-refractivity contribution in [2.75, 3.05) is 19.6 Å². The van der Waals surface area contributed by atoms with Crippen LogP contribution in [-0.4, -0.2) is 41.5 Å². The molecule has 1 aliphatic heterocycles. The van der Waals surface area contributed by atoms with Gasteiger partial charge in [-0.3, -0.25) is 9.59 Å². The highest BCUT2D eigenvalue weighted by molar-refractivity contribution is 5.93. The van der Waals surface area contributed by atoms with E-state index < -0.39 is 0 Å². The van der Waals surface area contributed by atoms with Crippen LogP contribution >= 0.6 is 0 Å². The van der Waals surface area contributed by atoms with Gasteiger partial charge >= 0.3 is 0 Å². The molecule has 2 aromatic carbocycles. The van der Waals surface area contributed by atoms with Crippen LogP contribution < -0.4 is 5.32 Å². The number of aromatic nitrogens is 1. The molecule has 1 atom stereocenters. The molecule has 32 heavy (non-hydrogen) atoms. The van der Waals surface area contributed by atoms with Crippen LogP contribution in [0.5, 0.6) is 0 Å². The summed E-state index contributed by atoms with van der Waals surface area (Å²) in [7, 11) is 0. The van der Waals surface area contributed by atoms with Crippen LogP contribution in [-0.2, 0) is 17.6 Å². The van der Waals surface area contributed by atoms with Gasteiger partial charge in [0.05, 0.1) is 5.92 Å². The second kappa shape index (κ2) is 9.81. The summed E-state index contributed by atoms with van der Waals surface area (Å²) in [4.78, 5) is 27.6. The van der Waals surface area contributed by atoms with E-state index in [0.29, 0.717) is 37.5 Å². The van der Waals surface area contributed by atoms with Gasteiger partial charge in [-0.1, -0.05) is 66.2 Å². The molecule has 4 rings (SSSR count). The zero-order chi connectivity index (χ0) is 22.5. The summed E-state index contributed by atoms with van der Waals surface area (Å²) in [6.45, 7) is 5.35. The Bertz CT molecular complexity index is 1090. The first-order valence-electron chi connectivity index (χ1n) is 11.2. The van der Waals surface area contributed by atoms with Crippen molar-refractivity contribution >= 4 is 11.8 Å². The summed E-state index contributed by atoms with van der Waals surface area (Å²) < 4.78 is 5.28. The van der Waals surface area contributed by atoms with Crippen molar-refractivity contribution in [3.8, 4) is 11.1 Å². The number of nitrogens with one attached hydrogen (secondary N) is 1. The van der Waals surface area contributed by atoms with Gasteiger partial charge in [0.2, 0.25) is 5.91 Å². The molecule has 3 aromatic rings. The van der Waals surface area contributed by atoms with E-state index in [1.807, 2.05) is 12.1 Å². The number of amides is 2. The number of hydrogen-bond acceptors (Lipinski definition) is 4. The number of rotatable bonds is 6. The van der Waals surface area contributed by atoms with Crippen LogP contribution in [0.2, 0.25) is 0 Å². The number of aryl methyl sites for hydroxylation is 2. The minimum atomic E-state index is -0.338. The first-order valence-corrected chi connectivity index (χ1v) is 11.2. The zero-order valence-electron chi connectivity index (χ0n) is 18.6. The van der Waals surface area contributed by atoms with Crippen molar-refractivity contribution in [1.29, 1.82) is 0 Å². The molecule has 6 nitrogen and oxygen atoms in total. The third-order valence-corrected chi connectivity index (χ3v) is 5.90. The number of carbonyl (C=O) groups excluding carboxylic acids is 2. The highest BCUT2D eigenvalue weighted by atomic mass is 16.5. The lowest BCUT2D eigenvalue weighted by Crippen LogP contribution is -2.37. The van der Waals surface area contributed by atoms with Gasteiger partial charge < -0.3 is 14.7 Å². The van der Waals surface area contributed by atoms with Crippen LogP contribution in [0.4, 0.5) is 0 Å². The fourth-order valence-corrected chi connectivity index (χ4v) is 4.16. The lowest BCUT2D eigenvalue weighted by molar-refractivity contribution is -0.124. The van der Waals surface area contributed by atoms with E-state index >= 15 is 0 Å². The number of hydrogen-bond donors (Lipinski definition) is 1. The Hall–Kier alpha value is -3.41. The van der Waals surface area contributed by atoms with Crippen LogP contribution in [0.1, 0.15) is 40.7 Å². The van der Waals surface area contributed by atoms with Crippen LogP contribution in [0, 0.1) is 12.8 Å². The van der Waals surface area contributed by atoms with E-state index in [1.165, 1.54) is 5.56 Å². The Labute approximate surface area is 188 Å². The summed E-state index contributed by atoms with van der Waals surface area (Å²) in [6, 6.07) is 18.3.